The molecule has 1 aliphatic rings. The Balaban J connectivity index is 2.03. The standard InChI is InChI=1S/C17H15FN2S/c18-12-5-6-14-15(11-12)13-3-1-2-4-16(13)19-17(14)20-7-9-21-10-8-20/h1-6,11H,7-10H2. The Kier molecular flexibility index (Phi) is 3.19. The molecule has 1 aromatic heterocycles. The van der Waals surface area contributed by atoms with Gasteiger partial charge in [0.25, 0.3) is 0 Å². The highest BCUT2D eigenvalue weighted by Gasteiger charge is 2.17. The van der Waals surface area contributed by atoms with Crippen LogP contribution in [0.25, 0.3) is 21.7 Å². The maximum atomic E-state index is 13.7. The number of benzene rings is 2. The number of hydrogen-bond acceptors (Lipinski definition) is 3. The lowest BCUT2D eigenvalue weighted by Gasteiger charge is -2.28. The zero-order valence-corrected chi connectivity index (χ0v) is 12.4. The van der Waals surface area contributed by atoms with Gasteiger partial charge in [0.15, 0.2) is 0 Å². The van der Waals surface area contributed by atoms with Crippen LogP contribution >= 0.6 is 11.8 Å². The molecule has 3 aromatic rings. The fourth-order valence-electron chi connectivity index (χ4n) is 2.92. The Morgan fingerprint density at radius 3 is 2.62 bits per heavy atom. The Labute approximate surface area is 127 Å². The average molecular weight is 298 g/mol. The molecule has 0 amide bonds. The summed E-state index contributed by atoms with van der Waals surface area (Å²) in [4.78, 5) is 7.17. The average Bonchev–Trinajstić information content (AvgIpc) is 2.55. The predicted molar refractivity (Wildman–Crippen MR) is 88.7 cm³/mol. The van der Waals surface area contributed by atoms with Crippen LogP contribution in [0.2, 0.25) is 0 Å². The number of pyridine rings is 1. The van der Waals surface area contributed by atoms with Crippen molar-refractivity contribution in [3.63, 3.8) is 0 Å². The van der Waals surface area contributed by atoms with Crippen molar-refractivity contribution in [2.24, 2.45) is 0 Å². The molecule has 2 aromatic carbocycles. The number of para-hydroxylation sites is 1. The van der Waals surface area contributed by atoms with E-state index >= 15 is 0 Å². The third-order valence-corrected chi connectivity index (χ3v) is 4.90. The third-order valence-electron chi connectivity index (χ3n) is 3.95. The molecule has 0 saturated carbocycles. The number of fused-ring (bicyclic) bond motifs is 3. The van der Waals surface area contributed by atoms with Gasteiger partial charge in [0, 0.05) is 35.4 Å². The van der Waals surface area contributed by atoms with Crippen molar-refractivity contribution in [3.8, 4) is 0 Å². The second-order valence-electron chi connectivity index (χ2n) is 5.24. The van der Waals surface area contributed by atoms with Gasteiger partial charge in [-0.15, -0.1) is 0 Å². The highest BCUT2D eigenvalue weighted by Crippen LogP contribution is 2.32. The number of halogens is 1. The first-order chi connectivity index (χ1) is 10.3. The van der Waals surface area contributed by atoms with E-state index in [1.54, 1.807) is 6.07 Å². The molecule has 2 nitrogen and oxygen atoms in total. The van der Waals surface area contributed by atoms with Crippen LogP contribution in [0, 0.1) is 5.82 Å². The lowest BCUT2D eigenvalue weighted by molar-refractivity contribution is 0.630. The summed E-state index contributed by atoms with van der Waals surface area (Å²) in [5.41, 5.74) is 0.934. The Morgan fingerprint density at radius 1 is 0.952 bits per heavy atom. The summed E-state index contributed by atoms with van der Waals surface area (Å²) in [5.74, 6) is 3.04. The van der Waals surface area contributed by atoms with Crippen molar-refractivity contribution in [2.45, 2.75) is 0 Å². The molecule has 0 spiro atoms. The van der Waals surface area contributed by atoms with Gasteiger partial charge in [0.1, 0.15) is 11.6 Å². The number of rotatable bonds is 1. The molecule has 106 valence electrons. The minimum atomic E-state index is -0.195. The molecule has 1 fully saturated rings. The van der Waals surface area contributed by atoms with E-state index < -0.39 is 0 Å². The number of aromatic nitrogens is 1. The van der Waals surface area contributed by atoms with E-state index in [-0.39, 0.29) is 5.82 Å². The Morgan fingerprint density at radius 2 is 1.76 bits per heavy atom. The van der Waals surface area contributed by atoms with Gasteiger partial charge in [-0.3, -0.25) is 0 Å². The highest BCUT2D eigenvalue weighted by molar-refractivity contribution is 7.99. The minimum absolute atomic E-state index is 0.195. The quantitative estimate of drug-likeness (QED) is 0.630. The molecule has 0 aliphatic carbocycles. The number of anilines is 1. The smallest absolute Gasteiger partial charge is 0.137 e. The lowest BCUT2D eigenvalue weighted by Crippen LogP contribution is -2.33. The lowest BCUT2D eigenvalue weighted by atomic mass is 10.1. The first-order valence-electron chi connectivity index (χ1n) is 7.13. The summed E-state index contributed by atoms with van der Waals surface area (Å²) in [6, 6.07) is 13.0. The summed E-state index contributed by atoms with van der Waals surface area (Å²) in [7, 11) is 0. The molecule has 4 rings (SSSR count). The highest BCUT2D eigenvalue weighted by atomic mass is 32.2. The van der Waals surface area contributed by atoms with Crippen molar-refractivity contribution < 1.29 is 4.39 Å². The monoisotopic (exact) mass is 298 g/mol. The Hall–Kier alpha value is -1.81. The molecule has 0 atom stereocenters. The van der Waals surface area contributed by atoms with Gasteiger partial charge >= 0.3 is 0 Å². The van der Waals surface area contributed by atoms with Crippen LogP contribution in [0.5, 0.6) is 0 Å². The van der Waals surface area contributed by atoms with Crippen LogP contribution in [0.4, 0.5) is 10.2 Å². The summed E-state index contributed by atoms with van der Waals surface area (Å²) in [5, 5.41) is 3.01. The second kappa shape index (κ2) is 5.19. The molecule has 0 unspecified atom stereocenters. The van der Waals surface area contributed by atoms with Crippen LogP contribution in [-0.4, -0.2) is 29.6 Å². The van der Waals surface area contributed by atoms with Gasteiger partial charge in [-0.05, 0) is 29.7 Å². The van der Waals surface area contributed by atoms with Crippen molar-refractivity contribution in [1.29, 1.82) is 0 Å². The zero-order valence-electron chi connectivity index (χ0n) is 11.6. The molecular weight excluding hydrogens is 283 g/mol. The van der Waals surface area contributed by atoms with Crippen molar-refractivity contribution in [3.05, 3.63) is 48.3 Å². The van der Waals surface area contributed by atoms with Gasteiger partial charge in [0.05, 0.1) is 5.52 Å². The van der Waals surface area contributed by atoms with Gasteiger partial charge in [-0.25, -0.2) is 9.37 Å². The summed E-state index contributed by atoms with van der Waals surface area (Å²) < 4.78 is 13.7. The van der Waals surface area contributed by atoms with Crippen molar-refractivity contribution in [2.75, 3.05) is 29.5 Å². The molecule has 1 saturated heterocycles. The maximum absolute atomic E-state index is 13.7. The predicted octanol–water partition coefficient (Wildman–Crippen LogP) is 4.08. The van der Waals surface area contributed by atoms with Crippen molar-refractivity contribution >= 4 is 39.3 Å². The molecule has 1 aliphatic heterocycles. The molecule has 0 N–H and O–H groups in total. The Bertz CT molecular complexity index is 812. The van der Waals surface area contributed by atoms with E-state index in [0.717, 1.165) is 52.1 Å². The van der Waals surface area contributed by atoms with E-state index in [9.17, 15) is 4.39 Å². The van der Waals surface area contributed by atoms with Crippen LogP contribution in [0.3, 0.4) is 0 Å². The van der Waals surface area contributed by atoms with Crippen molar-refractivity contribution in [1.82, 2.24) is 4.98 Å². The summed E-state index contributed by atoms with van der Waals surface area (Å²) in [6.07, 6.45) is 0. The van der Waals surface area contributed by atoms with E-state index in [1.807, 2.05) is 42.1 Å². The molecular formula is C17H15FN2S. The zero-order chi connectivity index (χ0) is 14.2. The molecule has 0 bridgehead atoms. The minimum Gasteiger partial charge on any atom is -0.354 e. The first kappa shape index (κ1) is 12.9. The molecule has 21 heavy (non-hydrogen) atoms. The van der Waals surface area contributed by atoms with E-state index in [4.69, 9.17) is 4.98 Å². The fraction of sp³-hybridized carbons (Fsp3) is 0.235. The van der Waals surface area contributed by atoms with Gasteiger partial charge in [-0.1, -0.05) is 18.2 Å². The summed E-state index contributed by atoms with van der Waals surface area (Å²) >= 11 is 1.98. The number of thioether (sulfide) groups is 1. The second-order valence-corrected chi connectivity index (χ2v) is 6.47. The molecule has 2 heterocycles. The van der Waals surface area contributed by atoms with E-state index in [0.29, 0.717) is 0 Å². The van der Waals surface area contributed by atoms with Crippen LogP contribution < -0.4 is 4.90 Å². The maximum Gasteiger partial charge on any atom is 0.137 e. The van der Waals surface area contributed by atoms with Gasteiger partial charge in [-0.2, -0.15) is 11.8 Å². The van der Waals surface area contributed by atoms with Crippen LogP contribution in [0.1, 0.15) is 0 Å². The number of hydrogen-bond donors (Lipinski definition) is 0. The first-order valence-corrected chi connectivity index (χ1v) is 8.29. The van der Waals surface area contributed by atoms with Crippen LogP contribution in [-0.2, 0) is 0 Å². The number of nitrogens with zero attached hydrogens (tertiary/aromatic N) is 2. The SMILES string of the molecule is Fc1ccc2c(N3CCSCC3)nc3ccccc3c2c1. The third kappa shape index (κ3) is 2.23. The molecule has 4 heteroatoms. The largest absolute Gasteiger partial charge is 0.354 e. The van der Waals surface area contributed by atoms with Gasteiger partial charge < -0.3 is 4.90 Å². The topological polar surface area (TPSA) is 16.1 Å². The normalized spacial score (nSPS) is 15.8. The molecule has 0 radical (unpaired) electrons. The van der Waals surface area contributed by atoms with E-state index in [2.05, 4.69) is 4.90 Å². The van der Waals surface area contributed by atoms with Crippen LogP contribution in [0.15, 0.2) is 42.5 Å². The van der Waals surface area contributed by atoms with Gasteiger partial charge in [0.2, 0.25) is 0 Å². The van der Waals surface area contributed by atoms with E-state index in [1.165, 1.54) is 6.07 Å². The fourth-order valence-corrected chi connectivity index (χ4v) is 3.83. The summed E-state index contributed by atoms with van der Waals surface area (Å²) in [6.45, 7) is 2.00.